The Kier molecular flexibility index (Phi) is 4.29. The minimum absolute atomic E-state index is 0.216. The van der Waals surface area contributed by atoms with Crippen molar-refractivity contribution in [3.8, 4) is 0 Å². The van der Waals surface area contributed by atoms with Crippen LogP contribution in [0.25, 0.3) is 0 Å². The first-order chi connectivity index (χ1) is 4.50. The van der Waals surface area contributed by atoms with Crippen molar-refractivity contribution in [2.75, 3.05) is 5.75 Å². The maximum Gasteiger partial charge on any atom is 0.166 e. The van der Waals surface area contributed by atoms with Crippen LogP contribution in [0, 0.1) is 0 Å². The summed E-state index contributed by atoms with van der Waals surface area (Å²) in [4.78, 5) is 0. The fourth-order valence-electron chi connectivity index (χ4n) is 0.508. The summed E-state index contributed by atoms with van der Waals surface area (Å²) < 4.78 is 21.2. The molecule has 0 aromatic heterocycles. The molecule has 0 unspecified atom stereocenters. The average Bonchev–Trinajstić information content (AvgIpc) is 1.84. The first-order valence-electron chi connectivity index (χ1n) is 3.36. The van der Waals surface area contributed by atoms with Crippen LogP contribution < -0.4 is 0 Å². The van der Waals surface area contributed by atoms with Crippen LogP contribution in [0.1, 0.15) is 26.7 Å². The molecule has 62 valence electrons. The van der Waals surface area contributed by atoms with Crippen molar-refractivity contribution >= 4 is 21.4 Å². The molecule has 4 heteroatoms. The van der Waals surface area contributed by atoms with E-state index in [-0.39, 0.29) is 5.75 Å². The van der Waals surface area contributed by atoms with Gasteiger partial charge in [0.15, 0.2) is 9.84 Å². The third-order valence-electron chi connectivity index (χ3n) is 1.28. The number of alkyl halides is 1. The van der Waals surface area contributed by atoms with Crippen LogP contribution >= 0.6 is 11.6 Å². The van der Waals surface area contributed by atoms with Crippen LogP contribution in [0.5, 0.6) is 0 Å². The molecule has 0 aromatic carbocycles. The van der Waals surface area contributed by atoms with Crippen molar-refractivity contribution in [3.05, 3.63) is 0 Å². The van der Waals surface area contributed by atoms with Gasteiger partial charge in [0, 0.05) is 0 Å². The number of hydrogen-bond acceptors (Lipinski definition) is 2. The lowest BCUT2D eigenvalue weighted by Gasteiger charge is -2.03. The van der Waals surface area contributed by atoms with Gasteiger partial charge in [-0.25, -0.2) is 8.42 Å². The lowest BCUT2D eigenvalue weighted by atomic mass is 10.4. The molecule has 0 heterocycles. The van der Waals surface area contributed by atoms with E-state index in [0.29, 0.717) is 6.42 Å². The Morgan fingerprint density at radius 1 is 1.50 bits per heavy atom. The number of halogens is 1. The van der Waals surface area contributed by atoms with E-state index in [1.807, 2.05) is 6.92 Å². The third-order valence-corrected chi connectivity index (χ3v) is 3.94. The monoisotopic (exact) mass is 184 g/mol. The maximum atomic E-state index is 11.0. The Morgan fingerprint density at radius 3 is 2.30 bits per heavy atom. The minimum atomic E-state index is -2.99. The molecular formula is C6H13ClO2S. The first-order valence-corrected chi connectivity index (χ1v) is 5.51. The van der Waals surface area contributed by atoms with Gasteiger partial charge in [-0.3, -0.25) is 0 Å². The van der Waals surface area contributed by atoms with Crippen LogP contribution in [-0.4, -0.2) is 18.9 Å². The van der Waals surface area contributed by atoms with Gasteiger partial charge in [0.2, 0.25) is 0 Å². The van der Waals surface area contributed by atoms with Gasteiger partial charge < -0.3 is 0 Å². The van der Waals surface area contributed by atoms with Gasteiger partial charge in [0.1, 0.15) is 4.71 Å². The second kappa shape index (κ2) is 4.19. The summed E-state index contributed by atoms with van der Waals surface area (Å²) in [6.07, 6.45) is 1.60. The summed E-state index contributed by atoms with van der Waals surface area (Å²) in [6, 6.07) is 0. The van der Waals surface area contributed by atoms with Crippen molar-refractivity contribution < 1.29 is 8.42 Å². The van der Waals surface area contributed by atoms with E-state index in [9.17, 15) is 8.42 Å². The normalized spacial score (nSPS) is 15.1. The molecule has 0 fully saturated rings. The smallest absolute Gasteiger partial charge is 0.166 e. The van der Waals surface area contributed by atoms with Gasteiger partial charge in [0.25, 0.3) is 0 Å². The van der Waals surface area contributed by atoms with Crippen LogP contribution in [0.2, 0.25) is 0 Å². The van der Waals surface area contributed by atoms with Crippen molar-refractivity contribution in [1.82, 2.24) is 0 Å². The van der Waals surface area contributed by atoms with Gasteiger partial charge in [0.05, 0.1) is 5.75 Å². The quantitative estimate of drug-likeness (QED) is 0.625. The van der Waals surface area contributed by atoms with Gasteiger partial charge in [-0.2, -0.15) is 0 Å². The van der Waals surface area contributed by atoms with E-state index in [2.05, 4.69) is 0 Å². The van der Waals surface area contributed by atoms with Gasteiger partial charge in [-0.1, -0.05) is 13.3 Å². The van der Waals surface area contributed by atoms with Crippen LogP contribution in [0.4, 0.5) is 0 Å². The van der Waals surface area contributed by atoms with Crippen molar-refractivity contribution in [2.45, 2.75) is 31.4 Å². The molecule has 0 aliphatic heterocycles. The molecule has 0 saturated carbocycles. The molecule has 0 N–H and O–H groups in total. The summed E-state index contributed by atoms with van der Waals surface area (Å²) >= 11 is 5.42. The molecule has 0 amide bonds. The summed E-state index contributed by atoms with van der Waals surface area (Å²) in [5, 5.41) is 0. The zero-order valence-electron chi connectivity index (χ0n) is 6.30. The van der Waals surface area contributed by atoms with Gasteiger partial charge in [-0.05, 0) is 13.3 Å². The van der Waals surface area contributed by atoms with Crippen LogP contribution in [0.3, 0.4) is 0 Å². The van der Waals surface area contributed by atoms with E-state index in [1.165, 1.54) is 6.92 Å². The molecule has 10 heavy (non-hydrogen) atoms. The minimum Gasteiger partial charge on any atom is -0.227 e. The average molecular weight is 185 g/mol. The number of rotatable bonds is 4. The molecule has 0 radical (unpaired) electrons. The van der Waals surface area contributed by atoms with Crippen molar-refractivity contribution in [1.29, 1.82) is 0 Å². The van der Waals surface area contributed by atoms with Crippen molar-refractivity contribution in [3.63, 3.8) is 0 Å². The Balaban J connectivity index is 3.90. The lowest BCUT2D eigenvalue weighted by Crippen LogP contribution is -2.15. The van der Waals surface area contributed by atoms with Crippen molar-refractivity contribution in [2.24, 2.45) is 0 Å². The van der Waals surface area contributed by atoms with E-state index >= 15 is 0 Å². The fourth-order valence-corrected chi connectivity index (χ4v) is 1.79. The van der Waals surface area contributed by atoms with E-state index in [4.69, 9.17) is 11.6 Å². The number of hydrogen-bond donors (Lipinski definition) is 0. The standard InChI is InChI=1S/C6H13ClO2S/c1-3-4-5-10(8,9)6(2)7/h6H,3-5H2,1-2H3/t6-/m1/s1. The molecule has 1 atom stereocenters. The Labute approximate surface area is 67.5 Å². The maximum absolute atomic E-state index is 11.0. The molecule has 0 rings (SSSR count). The third kappa shape index (κ3) is 3.42. The number of unbranched alkanes of at least 4 members (excludes halogenated alkanes) is 1. The second-order valence-corrected chi connectivity index (χ2v) is 5.62. The van der Waals surface area contributed by atoms with Crippen LogP contribution in [-0.2, 0) is 9.84 Å². The molecule has 2 nitrogen and oxygen atoms in total. The zero-order chi connectivity index (χ0) is 8.20. The molecule has 0 spiro atoms. The Hall–Kier alpha value is 0.240. The van der Waals surface area contributed by atoms with Gasteiger partial charge >= 0.3 is 0 Å². The molecule has 0 aliphatic carbocycles. The highest BCUT2D eigenvalue weighted by atomic mass is 35.5. The van der Waals surface area contributed by atoms with E-state index in [1.54, 1.807) is 0 Å². The predicted molar refractivity (Wildman–Crippen MR) is 44.0 cm³/mol. The molecule has 0 aliphatic rings. The predicted octanol–water partition coefficient (Wildman–Crippen LogP) is 1.79. The summed E-state index contributed by atoms with van der Waals surface area (Å²) in [7, 11) is -2.99. The largest absolute Gasteiger partial charge is 0.227 e. The summed E-state index contributed by atoms with van der Waals surface area (Å²) in [5.74, 6) is 0.216. The van der Waals surface area contributed by atoms with E-state index in [0.717, 1.165) is 6.42 Å². The zero-order valence-corrected chi connectivity index (χ0v) is 7.87. The molecular weight excluding hydrogens is 172 g/mol. The summed E-state index contributed by atoms with van der Waals surface area (Å²) in [6.45, 7) is 3.45. The van der Waals surface area contributed by atoms with E-state index < -0.39 is 14.5 Å². The van der Waals surface area contributed by atoms with Gasteiger partial charge in [-0.15, -0.1) is 11.6 Å². The SMILES string of the molecule is CCCCS(=O)(=O)[C@H](C)Cl. The molecule has 0 saturated heterocycles. The topological polar surface area (TPSA) is 34.1 Å². The summed E-state index contributed by atoms with van der Waals surface area (Å²) in [5.41, 5.74) is 0. The highest BCUT2D eigenvalue weighted by Gasteiger charge is 2.16. The fraction of sp³-hybridized carbons (Fsp3) is 1.00. The second-order valence-electron chi connectivity index (χ2n) is 2.26. The highest BCUT2D eigenvalue weighted by molar-refractivity contribution is 7.93. The highest BCUT2D eigenvalue weighted by Crippen LogP contribution is 2.08. The molecule has 0 aromatic rings. The lowest BCUT2D eigenvalue weighted by molar-refractivity contribution is 0.591. The Morgan fingerprint density at radius 2 is 2.00 bits per heavy atom. The van der Waals surface area contributed by atoms with Crippen LogP contribution in [0.15, 0.2) is 0 Å². The molecule has 0 bridgehead atoms. The Bertz CT molecular complexity index is 172. The first kappa shape index (κ1) is 10.2. The number of sulfone groups is 1.